The number of hydrogen-bond donors (Lipinski definition) is 1. The van der Waals surface area contributed by atoms with Crippen LogP contribution in [0.2, 0.25) is 0 Å². The van der Waals surface area contributed by atoms with E-state index in [-0.39, 0.29) is 11.3 Å². The second-order valence-corrected chi connectivity index (χ2v) is 7.81. The van der Waals surface area contributed by atoms with Gasteiger partial charge in [0.15, 0.2) is 0 Å². The third kappa shape index (κ3) is 3.97. The van der Waals surface area contributed by atoms with Gasteiger partial charge in [-0.1, -0.05) is 13.8 Å². The maximum absolute atomic E-state index is 13.0. The van der Waals surface area contributed by atoms with Gasteiger partial charge in [0.25, 0.3) is 11.7 Å². The Morgan fingerprint density at radius 3 is 2.74 bits per heavy atom. The Balaban J connectivity index is 1.74. The van der Waals surface area contributed by atoms with Crippen molar-refractivity contribution in [1.82, 2.24) is 9.80 Å². The molecule has 1 atom stereocenters. The Labute approximate surface area is 181 Å². The van der Waals surface area contributed by atoms with Gasteiger partial charge in [-0.25, -0.2) is 0 Å². The molecule has 1 amide bonds. The molecule has 4 rings (SSSR count). The molecule has 1 unspecified atom stereocenters. The zero-order chi connectivity index (χ0) is 22.0. The topological polar surface area (TPSA) is 83.2 Å². The maximum atomic E-state index is 13.0. The van der Waals surface area contributed by atoms with Crippen molar-refractivity contribution in [3.8, 4) is 5.75 Å². The maximum Gasteiger partial charge on any atom is 0.295 e. The zero-order valence-electron chi connectivity index (χ0n) is 18.0. The van der Waals surface area contributed by atoms with Crippen molar-refractivity contribution in [1.29, 1.82) is 0 Å². The number of aliphatic hydroxyl groups is 1. The number of benzene rings is 1. The van der Waals surface area contributed by atoms with Crippen molar-refractivity contribution >= 4 is 17.4 Å². The lowest BCUT2D eigenvalue weighted by Gasteiger charge is -2.26. The summed E-state index contributed by atoms with van der Waals surface area (Å²) in [6.45, 7) is 7.49. The summed E-state index contributed by atoms with van der Waals surface area (Å²) < 4.78 is 11.2. The third-order valence-electron chi connectivity index (χ3n) is 6.09. The number of furan rings is 1. The van der Waals surface area contributed by atoms with Crippen molar-refractivity contribution in [3.63, 3.8) is 0 Å². The van der Waals surface area contributed by atoms with Gasteiger partial charge in [0.05, 0.1) is 18.4 Å². The first-order valence-corrected chi connectivity index (χ1v) is 10.8. The van der Waals surface area contributed by atoms with Gasteiger partial charge in [0, 0.05) is 18.7 Å². The van der Waals surface area contributed by atoms with E-state index >= 15 is 0 Å². The van der Waals surface area contributed by atoms with Crippen LogP contribution in [0.3, 0.4) is 0 Å². The molecule has 2 aromatic rings. The molecule has 7 heteroatoms. The minimum Gasteiger partial charge on any atom is -0.507 e. The predicted octanol–water partition coefficient (Wildman–Crippen LogP) is 3.37. The second kappa shape index (κ2) is 8.98. The zero-order valence-corrected chi connectivity index (χ0v) is 18.0. The summed E-state index contributed by atoms with van der Waals surface area (Å²) in [6, 6.07) is 8.07. The second-order valence-electron chi connectivity index (χ2n) is 7.81. The van der Waals surface area contributed by atoms with Crippen LogP contribution in [0.5, 0.6) is 5.75 Å². The number of ketones is 1. The number of carbonyl (C=O) groups excluding carboxylic acids is 2. The van der Waals surface area contributed by atoms with Crippen LogP contribution in [-0.2, 0) is 16.0 Å². The van der Waals surface area contributed by atoms with Crippen LogP contribution < -0.4 is 4.74 Å². The van der Waals surface area contributed by atoms with Gasteiger partial charge in [0.2, 0.25) is 0 Å². The van der Waals surface area contributed by atoms with Crippen LogP contribution in [-0.4, -0.2) is 59.4 Å². The number of aliphatic hydroxyl groups excluding tert-OH is 1. The molecule has 1 saturated heterocycles. The van der Waals surface area contributed by atoms with Crippen LogP contribution in [0.25, 0.3) is 5.76 Å². The molecule has 2 aliphatic heterocycles. The molecule has 164 valence electrons. The van der Waals surface area contributed by atoms with E-state index in [0.717, 1.165) is 37.2 Å². The average Bonchev–Trinajstić information content (AvgIpc) is 3.41. The van der Waals surface area contributed by atoms with Gasteiger partial charge in [-0.3, -0.25) is 9.59 Å². The van der Waals surface area contributed by atoms with Gasteiger partial charge in [-0.05, 0) is 61.8 Å². The number of fused-ring (bicyclic) bond motifs is 1. The number of amides is 1. The van der Waals surface area contributed by atoms with Crippen LogP contribution in [0, 0.1) is 0 Å². The van der Waals surface area contributed by atoms with E-state index in [1.165, 1.54) is 11.2 Å². The first-order chi connectivity index (χ1) is 15.0. The van der Waals surface area contributed by atoms with Crippen molar-refractivity contribution in [3.05, 3.63) is 59.1 Å². The molecule has 0 saturated carbocycles. The van der Waals surface area contributed by atoms with Gasteiger partial charge in [-0.2, -0.15) is 0 Å². The number of carbonyl (C=O) groups is 2. The first-order valence-electron chi connectivity index (χ1n) is 10.8. The molecule has 0 radical (unpaired) electrons. The van der Waals surface area contributed by atoms with E-state index in [1.807, 2.05) is 12.1 Å². The number of ether oxygens (including phenoxy) is 1. The Hall–Kier alpha value is -3.06. The number of likely N-dealkylation sites (tertiary alicyclic amines) is 1. The van der Waals surface area contributed by atoms with Crippen molar-refractivity contribution in [2.75, 3.05) is 32.8 Å². The minimum absolute atomic E-state index is 0.0659. The van der Waals surface area contributed by atoms with Crippen molar-refractivity contribution < 1.29 is 23.8 Å². The number of aryl methyl sites for hydroxylation is 1. The van der Waals surface area contributed by atoms with Crippen LogP contribution in [0.1, 0.15) is 43.2 Å². The van der Waals surface area contributed by atoms with Crippen LogP contribution in [0.15, 0.2) is 46.6 Å². The normalized spacial score (nSPS) is 20.2. The molecule has 7 nitrogen and oxygen atoms in total. The number of nitrogens with zero attached hydrogens (tertiary/aromatic N) is 2. The molecule has 2 aliphatic rings. The van der Waals surface area contributed by atoms with E-state index in [0.29, 0.717) is 31.0 Å². The average molecular weight is 424 g/mol. The highest BCUT2D eigenvalue weighted by atomic mass is 16.5. The lowest BCUT2D eigenvalue weighted by molar-refractivity contribution is -0.140. The molecule has 3 heterocycles. The van der Waals surface area contributed by atoms with Crippen molar-refractivity contribution in [2.24, 2.45) is 0 Å². The molecule has 1 aromatic heterocycles. The molecular weight excluding hydrogens is 396 g/mol. The highest BCUT2D eigenvalue weighted by Crippen LogP contribution is 2.40. The first kappa shape index (κ1) is 21.2. The van der Waals surface area contributed by atoms with Crippen molar-refractivity contribution in [2.45, 2.75) is 32.7 Å². The third-order valence-corrected chi connectivity index (χ3v) is 6.09. The van der Waals surface area contributed by atoms with E-state index in [1.54, 1.807) is 18.2 Å². The fourth-order valence-electron chi connectivity index (χ4n) is 4.31. The summed E-state index contributed by atoms with van der Waals surface area (Å²) in [6.07, 6.45) is 3.26. The van der Waals surface area contributed by atoms with Crippen LogP contribution in [0.4, 0.5) is 0 Å². The van der Waals surface area contributed by atoms with Gasteiger partial charge < -0.3 is 24.1 Å². The quantitative estimate of drug-likeness (QED) is 0.417. The van der Waals surface area contributed by atoms with Crippen LogP contribution >= 0.6 is 0 Å². The lowest BCUT2D eigenvalue weighted by Crippen LogP contribution is -2.37. The van der Waals surface area contributed by atoms with Gasteiger partial charge in [-0.15, -0.1) is 0 Å². The number of hydrogen-bond acceptors (Lipinski definition) is 6. The SMILES string of the molecule is CCN(CC)CCN1C(=O)C(=O)/C(=C(\O)c2ccc3c(c2)CCCO3)C1c1ccco1. The Kier molecular flexibility index (Phi) is 6.13. The summed E-state index contributed by atoms with van der Waals surface area (Å²) in [7, 11) is 0. The monoisotopic (exact) mass is 424 g/mol. The van der Waals surface area contributed by atoms with E-state index < -0.39 is 17.7 Å². The van der Waals surface area contributed by atoms with E-state index in [2.05, 4.69) is 18.7 Å². The summed E-state index contributed by atoms with van der Waals surface area (Å²) in [4.78, 5) is 29.6. The number of rotatable bonds is 7. The molecule has 1 fully saturated rings. The summed E-state index contributed by atoms with van der Waals surface area (Å²) in [5, 5.41) is 11.2. The minimum atomic E-state index is -0.752. The van der Waals surface area contributed by atoms with E-state index in [9.17, 15) is 14.7 Å². The molecule has 31 heavy (non-hydrogen) atoms. The largest absolute Gasteiger partial charge is 0.507 e. The van der Waals surface area contributed by atoms with Gasteiger partial charge in [0.1, 0.15) is 23.3 Å². The Morgan fingerprint density at radius 1 is 1.23 bits per heavy atom. The highest BCUT2D eigenvalue weighted by molar-refractivity contribution is 6.46. The lowest BCUT2D eigenvalue weighted by atomic mass is 9.96. The summed E-state index contributed by atoms with van der Waals surface area (Å²) >= 11 is 0. The fraction of sp³-hybridized carbons (Fsp3) is 0.417. The molecule has 0 bridgehead atoms. The molecule has 0 aliphatic carbocycles. The molecule has 1 N–H and O–H groups in total. The Bertz CT molecular complexity index is 991. The predicted molar refractivity (Wildman–Crippen MR) is 116 cm³/mol. The Morgan fingerprint density at radius 2 is 2.03 bits per heavy atom. The molecular formula is C24H28N2O5. The summed E-state index contributed by atoms with van der Waals surface area (Å²) in [5.41, 5.74) is 1.55. The number of likely N-dealkylation sites (N-methyl/N-ethyl adjacent to an activating group) is 1. The summed E-state index contributed by atoms with van der Waals surface area (Å²) in [5.74, 6) is -0.228. The highest BCUT2D eigenvalue weighted by Gasteiger charge is 2.47. The van der Waals surface area contributed by atoms with Gasteiger partial charge >= 0.3 is 0 Å². The fourth-order valence-corrected chi connectivity index (χ4v) is 4.31. The molecule has 1 aromatic carbocycles. The standard InChI is InChI=1S/C24H28N2O5/c1-3-25(4-2)11-12-26-21(19-8-6-14-31-19)20(23(28)24(26)29)22(27)17-9-10-18-16(15-17)7-5-13-30-18/h6,8-10,14-15,21,27H,3-5,7,11-13H2,1-2H3/b22-20-. The number of Topliss-reactive ketones (excluding diaryl/α,β-unsaturated/α-hetero) is 1. The smallest absolute Gasteiger partial charge is 0.295 e. The molecule has 0 spiro atoms. The van der Waals surface area contributed by atoms with E-state index in [4.69, 9.17) is 9.15 Å².